The summed E-state index contributed by atoms with van der Waals surface area (Å²) in [4.78, 5) is 10.4. The van der Waals surface area contributed by atoms with Gasteiger partial charge in [-0.1, -0.05) is 41.9 Å². The van der Waals surface area contributed by atoms with Crippen molar-refractivity contribution in [2.45, 2.75) is 49.2 Å². The first kappa shape index (κ1) is 20.2. The van der Waals surface area contributed by atoms with Crippen molar-refractivity contribution in [3.05, 3.63) is 65.7 Å². The summed E-state index contributed by atoms with van der Waals surface area (Å²) in [7, 11) is 2.15. The minimum absolute atomic E-state index is 0.167. The van der Waals surface area contributed by atoms with E-state index in [4.69, 9.17) is 4.52 Å². The Labute approximate surface area is 178 Å². The topological polar surface area (TPSA) is 55.1 Å². The summed E-state index contributed by atoms with van der Waals surface area (Å²) < 4.78 is 43.6. The predicted octanol–water partition coefficient (Wildman–Crippen LogP) is 5.06. The number of alkyl halides is 3. The highest BCUT2D eigenvalue weighted by molar-refractivity contribution is 5.51. The van der Waals surface area contributed by atoms with E-state index in [1.54, 1.807) is 0 Å². The molecule has 0 bridgehead atoms. The summed E-state index contributed by atoms with van der Waals surface area (Å²) in [5.74, 6) is 1.40. The number of nitrogens with zero attached hydrogens (tertiary/aromatic N) is 4. The summed E-state index contributed by atoms with van der Waals surface area (Å²) in [5, 5.41) is 4.21. The molecule has 0 N–H and O–H groups in total. The molecule has 2 aliphatic rings. The zero-order valence-corrected chi connectivity index (χ0v) is 17.1. The second kappa shape index (κ2) is 7.44. The highest BCUT2D eigenvalue weighted by Crippen LogP contribution is 2.48. The SMILES string of the molecule is CN(CC1(c2noc(-c3ccc(C(F)(F)F)nc3)n2)CCC1)[C@H]1CC1c1ccccc1. The maximum absolute atomic E-state index is 12.7. The maximum Gasteiger partial charge on any atom is 0.433 e. The molecule has 2 aliphatic carbocycles. The van der Waals surface area contributed by atoms with E-state index in [9.17, 15) is 13.2 Å². The second-order valence-electron chi connectivity index (χ2n) is 8.72. The van der Waals surface area contributed by atoms with E-state index in [1.807, 2.05) is 6.07 Å². The molecule has 1 aromatic carbocycles. The van der Waals surface area contributed by atoms with Gasteiger partial charge in [0.05, 0.1) is 5.56 Å². The quantitative estimate of drug-likeness (QED) is 0.549. The van der Waals surface area contributed by atoms with Crippen molar-refractivity contribution < 1.29 is 17.7 Å². The van der Waals surface area contributed by atoms with Gasteiger partial charge in [0.15, 0.2) is 5.82 Å². The summed E-state index contributed by atoms with van der Waals surface area (Å²) in [6.07, 6.45) is 0.861. The lowest BCUT2D eigenvalue weighted by atomic mass is 9.67. The molecule has 2 fully saturated rings. The van der Waals surface area contributed by atoms with E-state index in [0.717, 1.165) is 44.5 Å². The molecule has 1 unspecified atom stereocenters. The summed E-state index contributed by atoms with van der Waals surface area (Å²) in [6.45, 7) is 0.839. The number of halogens is 3. The van der Waals surface area contributed by atoms with Crippen molar-refractivity contribution in [3.8, 4) is 11.5 Å². The first-order chi connectivity index (χ1) is 14.9. The Balaban J connectivity index is 1.30. The van der Waals surface area contributed by atoms with Gasteiger partial charge in [-0.25, -0.2) is 0 Å². The lowest BCUT2D eigenvalue weighted by molar-refractivity contribution is -0.141. The van der Waals surface area contributed by atoms with Crippen LogP contribution in [0.1, 0.15) is 48.7 Å². The lowest BCUT2D eigenvalue weighted by Crippen LogP contribution is -2.46. The average Bonchev–Trinajstić information content (AvgIpc) is 3.39. The molecule has 0 saturated heterocycles. The van der Waals surface area contributed by atoms with Crippen LogP contribution in [-0.2, 0) is 11.6 Å². The van der Waals surface area contributed by atoms with Gasteiger partial charge in [0.25, 0.3) is 5.89 Å². The van der Waals surface area contributed by atoms with Gasteiger partial charge >= 0.3 is 6.18 Å². The molecule has 0 radical (unpaired) electrons. The highest BCUT2D eigenvalue weighted by atomic mass is 19.4. The Morgan fingerprint density at radius 3 is 2.52 bits per heavy atom. The summed E-state index contributed by atoms with van der Waals surface area (Å²) >= 11 is 0. The molecule has 5 nitrogen and oxygen atoms in total. The number of benzene rings is 1. The molecule has 2 aromatic heterocycles. The van der Waals surface area contributed by atoms with Crippen LogP contribution < -0.4 is 0 Å². The van der Waals surface area contributed by atoms with Crippen molar-refractivity contribution in [3.63, 3.8) is 0 Å². The van der Waals surface area contributed by atoms with Crippen LogP contribution in [0.15, 0.2) is 53.2 Å². The normalized spacial score (nSPS) is 22.4. The Hall–Kier alpha value is -2.74. The number of pyridine rings is 1. The molecule has 162 valence electrons. The van der Waals surface area contributed by atoms with Gasteiger partial charge in [-0.2, -0.15) is 18.2 Å². The van der Waals surface area contributed by atoms with Crippen LogP contribution in [0.25, 0.3) is 11.5 Å². The number of hydrogen-bond acceptors (Lipinski definition) is 5. The Bertz CT molecular complexity index is 1040. The third-order valence-electron chi connectivity index (χ3n) is 6.61. The van der Waals surface area contributed by atoms with Crippen LogP contribution in [0.5, 0.6) is 0 Å². The van der Waals surface area contributed by atoms with Crippen LogP contribution >= 0.6 is 0 Å². The van der Waals surface area contributed by atoms with E-state index in [0.29, 0.717) is 23.3 Å². The van der Waals surface area contributed by atoms with Gasteiger partial charge in [-0.05, 0) is 44.0 Å². The first-order valence-corrected chi connectivity index (χ1v) is 10.5. The molecule has 2 heterocycles. The molecule has 2 saturated carbocycles. The van der Waals surface area contributed by atoms with E-state index >= 15 is 0 Å². The lowest BCUT2D eigenvalue weighted by Gasteiger charge is -2.42. The molecule has 31 heavy (non-hydrogen) atoms. The average molecular weight is 428 g/mol. The van der Waals surface area contributed by atoms with Crippen LogP contribution in [0.2, 0.25) is 0 Å². The van der Waals surface area contributed by atoms with Crippen LogP contribution in [0, 0.1) is 0 Å². The van der Waals surface area contributed by atoms with E-state index in [-0.39, 0.29) is 11.3 Å². The smallest absolute Gasteiger partial charge is 0.334 e. The van der Waals surface area contributed by atoms with Gasteiger partial charge in [0.2, 0.25) is 0 Å². The Kier molecular flexibility index (Phi) is 4.84. The molecule has 0 spiro atoms. The van der Waals surface area contributed by atoms with Crippen molar-refractivity contribution in [1.82, 2.24) is 20.0 Å². The largest absolute Gasteiger partial charge is 0.433 e. The number of aromatic nitrogens is 3. The zero-order chi connectivity index (χ0) is 21.6. The van der Waals surface area contributed by atoms with Crippen molar-refractivity contribution in [2.75, 3.05) is 13.6 Å². The number of hydrogen-bond donors (Lipinski definition) is 0. The molecule has 5 rings (SSSR count). The van der Waals surface area contributed by atoms with Crippen LogP contribution in [0.4, 0.5) is 13.2 Å². The van der Waals surface area contributed by atoms with Gasteiger partial charge in [-0.3, -0.25) is 4.98 Å². The molecule has 3 aromatic rings. The molecular weight excluding hydrogens is 405 g/mol. The monoisotopic (exact) mass is 428 g/mol. The summed E-state index contributed by atoms with van der Waals surface area (Å²) in [5.41, 5.74) is 0.657. The Morgan fingerprint density at radius 2 is 1.90 bits per heavy atom. The van der Waals surface area contributed by atoms with Crippen molar-refractivity contribution in [1.29, 1.82) is 0 Å². The minimum Gasteiger partial charge on any atom is -0.334 e. The van der Waals surface area contributed by atoms with Gasteiger partial charge in [0, 0.05) is 30.1 Å². The van der Waals surface area contributed by atoms with Crippen molar-refractivity contribution >= 4 is 0 Å². The second-order valence-corrected chi connectivity index (χ2v) is 8.72. The first-order valence-electron chi connectivity index (χ1n) is 10.5. The predicted molar refractivity (Wildman–Crippen MR) is 108 cm³/mol. The third-order valence-corrected chi connectivity index (χ3v) is 6.61. The zero-order valence-electron chi connectivity index (χ0n) is 17.1. The maximum atomic E-state index is 12.7. The highest BCUT2D eigenvalue weighted by Gasteiger charge is 2.48. The van der Waals surface area contributed by atoms with Crippen LogP contribution in [0.3, 0.4) is 0 Å². The van der Waals surface area contributed by atoms with Gasteiger partial charge < -0.3 is 9.42 Å². The minimum atomic E-state index is -4.47. The van der Waals surface area contributed by atoms with Gasteiger partial charge in [0.1, 0.15) is 5.69 Å². The summed E-state index contributed by atoms with van der Waals surface area (Å²) in [6, 6.07) is 13.3. The number of rotatable bonds is 6. The fourth-order valence-corrected chi connectivity index (χ4v) is 4.62. The van der Waals surface area contributed by atoms with E-state index < -0.39 is 11.9 Å². The molecule has 0 amide bonds. The molecule has 2 atom stereocenters. The third kappa shape index (κ3) is 3.84. The molecule has 8 heteroatoms. The van der Waals surface area contributed by atoms with Crippen molar-refractivity contribution in [2.24, 2.45) is 0 Å². The van der Waals surface area contributed by atoms with Crippen LogP contribution in [-0.4, -0.2) is 39.7 Å². The van der Waals surface area contributed by atoms with E-state index in [2.05, 4.69) is 51.3 Å². The molecular formula is C23H23F3N4O. The fourth-order valence-electron chi connectivity index (χ4n) is 4.62. The Morgan fingerprint density at radius 1 is 1.13 bits per heavy atom. The standard InChI is InChI=1S/C23H23F3N4O/c1-30(18-12-17(18)15-6-3-2-4-7-15)14-22(10-5-11-22)21-28-20(31-29-21)16-8-9-19(27-13-16)23(24,25)26/h2-4,6-9,13,17-18H,5,10-12,14H2,1H3/t17?,18-/m0/s1. The number of likely N-dealkylation sites (N-methyl/N-ethyl adjacent to an activating group) is 1. The van der Waals surface area contributed by atoms with E-state index in [1.165, 1.54) is 11.6 Å². The molecule has 0 aliphatic heterocycles. The fraction of sp³-hybridized carbons (Fsp3) is 0.435. The van der Waals surface area contributed by atoms with Gasteiger partial charge in [-0.15, -0.1) is 0 Å².